The quantitative estimate of drug-likeness (QED) is 0.477. The number of amides is 1. The van der Waals surface area contributed by atoms with Gasteiger partial charge in [-0.2, -0.15) is 5.10 Å². The Balaban J connectivity index is 1.48. The first-order valence-corrected chi connectivity index (χ1v) is 13.4. The lowest BCUT2D eigenvalue weighted by Crippen LogP contribution is -2.41. The zero-order valence-corrected chi connectivity index (χ0v) is 22.6. The highest BCUT2D eigenvalue weighted by Crippen LogP contribution is 2.38. The van der Waals surface area contributed by atoms with E-state index in [1.54, 1.807) is 23.0 Å². The SMILES string of the molecule is CCn1nccc1C(=O)N[C@H](c1nc2c(F)c(B3OC(C)(C)C(C)(C)O3)ccc2[nH]1)C1CCC(C)CC1. The van der Waals surface area contributed by atoms with Crippen molar-refractivity contribution < 1.29 is 18.5 Å². The molecule has 1 saturated carbocycles. The Morgan fingerprint density at radius 1 is 1.19 bits per heavy atom. The van der Waals surface area contributed by atoms with E-state index in [1.165, 1.54) is 0 Å². The van der Waals surface area contributed by atoms with Gasteiger partial charge in [-0.1, -0.05) is 25.8 Å². The van der Waals surface area contributed by atoms with Crippen molar-refractivity contribution in [1.82, 2.24) is 25.1 Å². The van der Waals surface area contributed by atoms with Gasteiger partial charge in [0.1, 0.15) is 17.0 Å². The van der Waals surface area contributed by atoms with Crippen LogP contribution in [0.5, 0.6) is 0 Å². The van der Waals surface area contributed by atoms with Crippen LogP contribution in [0.2, 0.25) is 0 Å². The van der Waals surface area contributed by atoms with Crippen molar-refractivity contribution in [2.45, 2.75) is 91.0 Å². The molecular formula is C27H37BFN5O3. The molecule has 1 aliphatic heterocycles. The lowest BCUT2D eigenvalue weighted by molar-refractivity contribution is 0.00578. The fourth-order valence-corrected chi connectivity index (χ4v) is 5.40. The summed E-state index contributed by atoms with van der Waals surface area (Å²) in [6, 6.07) is 4.85. The van der Waals surface area contributed by atoms with Crippen LogP contribution < -0.4 is 10.8 Å². The number of nitrogens with one attached hydrogen (secondary N) is 2. The number of rotatable bonds is 6. The van der Waals surface area contributed by atoms with Crippen LogP contribution in [0.4, 0.5) is 4.39 Å². The summed E-state index contributed by atoms with van der Waals surface area (Å²) in [5, 5.41) is 7.43. The van der Waals surface area contributed by atoms with Crippen molar-refractivity contribution >= 4 is 29.5 Å². The number of halogens is 1. The molecule has 1 saturated heterocycles. The molecule has 1 aliphatic carbocycles. The Morgan fingerprint density at radius 2 is 1.86 bits per heavy atom. The zero-order chi connectivity index (χ0) is 26.5. The molecule has 198 valence electrons. The number of aryl methyl sites for hydroxylation is 1. The predicted molar refractivity (Wildman–Crippen MR) is 141 cm³/mol. The first kappa shape index (κ1) is 25.9. The highest BCUT2D eigenvalue weighted by Gasteiger charge is 2.52. The van der Waals surface area contributed by atoms with Crippen LogP contribution in [0, 0.1) is 17.7 Å². The number of H-pyrrole nitrogens is 1. The van der Waals surface area contributed by atoms with Gasteiger partial charge >= 0.3 is 7.12 Å². The minimum atomic E-state index is -0.820. The van der Waals surface area contributed by atoms with Crippen LogP contribution in [0.1, 0.15) is 89.6 Å². The summed E-state index contributed by atoms with van der Waals surface area (Å²) in [5.74, 6) is 0.746. The van der Waals surface area contributed by atoms with Gasteiger partial charge in [0.25, 0.3) is 5.91 Å². The smallest absolute Gasteiger partial charge is 0.399 e. The number of imidazole rings is 1. The van der Waals surface area contributed by atoms with Gasteiger partial charge in [-0.05, 0) is 71.4 Å². The molecule has 1 aromatic carbocycles. The Labute approximate surface area is 217 Å². The lowest BCUT2D eigenvalue weighted by atomic mass is 9.78. The molecule has 0 bridgehead atoms. The first-order chi connectivity index (χ1) is 17.5. The van der Waals surface area contributed by atoms with Crippen LogP contribution in [-0.2, 0) is 15.9 Å². The predicted octanol–water partition coefficient (Wildman–Crippen LogP) is 4.52. The third kappa shape index (κ3) is 4.70. The van der Waals surface area contributed by atoms with E-state index in [0.717, 1.165) is 25.7 Å². The van der Waals surface area contributed by atoms with E-state index in [0.29, 0.717) is 35.0 Å². The van der Waals surface area contributed by atoms with Crippen LogP contribution in [0.15, 0.2) is 24.4 Å². The van der Waals surface area contributed by atoms with Crippen LogP contribution in [-0.4, -0.2) is 44.0 Å². The third-order valence-corrected chi connectivity index (χ3v) is 8.51. The number of fused-ring (bicyclic) bond motifs is 1. The molecule has 3 heterocycles. The fourth-order valence-electron chi connectivity index (χ4n) is 5.40. The van der Waals surface area contributed by atoms with Gasteiger partial charge in [-0.25, -0.2) is 9.37 Å². The molecule has 3 aromatic rings. The molecule has 8 nitrogen and oxygen atoms in total. The number of aromatic nitrogens is 4. The molecule has 2 aliphatic rings. The first-order valence-electron chi connectivity index (χ1n) is 13.4. The van der Waals surface area contributed by atoms with E-state index in [9.17, 15) is 4.79 Å². The van der Waals surface area contributed by atoms with E-state index in [-0.39, 0.29) is 23.4 Å². The molecule has 0 unspecified atom stereocenters. The number of nitrogens with zero attached hydrogens (tertiary/aromatic N) is 3. The van der Waals surface area contributed by atoms with Gasteiger partial charge in [0.15, 0.2) is 5.82 Å². The molecule has 1 amide bonds. The van der Waals surface area contributed by atoms with Gasteiger partial charge in [0.05, 0.1) is 22.8 Å². The Kier molecular flexibility index (Phi) is 6.69. The van der Waals surface area contributed by atoms with Crippen LogP contribution in [0.3, 0.4) is 0 Å². The van der Waals surface area contributed by atoms with Gasteiger partial charge in [0, 0.05) is 18.2 Å². The number of hydrogen-bond acceptors (Lipinski definition) is 5. The normalized spacial score (nSPS) is 23.9. The maximum absolute atomic E-state index is 15.8. The number of carbonyl (C=O) groups is 1. The van der Waals surface area contributed by atoms with Crippen LogP contribution >= 0.6 is 0 Å². The zero-order valence-electron chi connectivity index (χ0n) is 22.6. The molecule has 2 fully saturated rings. The second kappa shape index (κ2) is 9.55. The Bertz CT molecular complexity index is 1280. The lowest BCUT2D eigenvalue weighted by Gasteiger charge is -2.32. The van der Waals surface area contributed by atoms with Crippen molar-refractivity contribution in [2.75, 3.05) is 0 Å². The van der Waals surface area contributed by atoms with Crippen molar-refractivity contribution in [1.29, 1.82) is 0 Å². The fraction of sp³-hybridized carbons (Fsp3) is 0.593. The highest BCUT2D eigenvalue weighted by molar-refractivity contribution is 6.62. The topological polar surface area (TPSA) is 94.1 Å². The summed E-state index contributed by atoms with van der Waals surface area (Å²) in [5.41, 5.74) is 0.479. The van der Waals surface area contributed by atoms with Gasteiger partial charge < -0.3 is 19.6 Å². The monoisotopic (exact) mass is 509 g/mol. The molecule has 10 heteroatoms. The van der Waals surface area contributed by atoms with Crippen molar-refractivity contribution in [3.63, 3.8) is 0 Å². The maximum Gasteiger partial charge on any atom is 0.497 e. The number of aromatic amines is 1. The maximum atomic E-state index is 15.8. The van der Waals surface area contributed by atoms with E-state index in [1.807, 2.05) is 40.7 Å². The third-order valence-electron chi connectivity index (χ3n) is 8.51. The van der Waals surface area contributed by atoms with E-state index in [4.69, 9.17) is 14.3 Å². The average molecular weight is 509 g/mol. The minimum absolute atomic E-state index is 0.198. The van der Waals surface area contributed by atoms with Crippen molar-refractivity contribution in [3.8, 4) is 0 Å². The number of hydrogen-bond donors (Lipinski definition) is 2. The molecule has 5 rings (SSSR count). The minimum Gasteiger partial charge on any atom is -0.399 e. The van der Waals surface area contributed by atoms with Gasteiger partial charge in [0.2, 0.25) is 0 Å². The molecule has 2 aromatic heterocycles. The molecule has 37 heavy (non-hydrogen) atoms. The standard InChI is InChI=1S/C27H37BFN5O3/c1-7-34-20(14-15-30-34)25(35)33-22(17-10-8-16(2)9-11-17)24-31-19-13-12-18(21(29)23(19)32-24)28-36-26(3,4)27(5,6)37-28/h12-17,22H,7-11H2,1-6H3,(H,31,32)(H,33,35)/t16?,17?,22-/m0/s1. The van der Waals surface area contributed by atoms with Gasteiger partial charge in [-0.15, -0.1) is 0 Å². The summed E-state index contributed by atoms with van der Waals surface area (Å²) in [6.45, 7) is 12.6. The molecule has 1 atom stereocenters. The highest BCUT2D eigenvalue weighted by atomic mass is 19.1. The second-order valence-electron chi connectivity index (χ2n) is 11.6. The Hall–Kier alpha value is -2.72. The molecular weight excluding hydrogens is 472 g/mol. The second-order valence-corrected chi connectivity index (χ2v) is 11.6. The largest absolute Gasteiger partial charge is 0.497 e. The number of carbonyl (C=O) groups excluding carboxylic acids is 1. The Morgan fingerprint density at radius 3 is 2.51 bits per heavy atom. The summed E-state index contributed by atoms with van der Waals surface area (Å²) in [7, 11) is -0.820. The van der Waals surface area contributed by atoms with E-state index >= 15 is 4.39 Å². The summed E-state index contributed by atoms with van der Waals surface area (Å²) >= 11 is 0. The van der Waals surface area contributed by atoms with Gasteiger partial charge in [-0.3, -0.25) is 9.48 Å². The summed E-state index contributed by atoms with van der Waals surface area (Å²) in [6.07, 6.45) is 5.74. The van der Waals surface area contributed by atoms with Crippen molar-refractivity contribution in [3.05, 3.63) is 41.7 Å². The molecule has 0 radical (unpaired) electrons. The average Bonchev–Trinajstić information content (AvgIpc) is 3.54. The summed E-state index contributed by atoms with van der Waals surface area (Å²) in [4.78, 5) is 21.3. The summed E-state index contributed by atoms with van der Waals surface area (Å²) < 4.78 is 29.7. The van der Waals surface area contributed by atoms with E-state index < -0.39 is 24.1 Å². The number of benzene rings is 1. The molecule has 0 spiro atoms. The van der Waals surface area contributed by atoms with Crippen LogP contribution in [0.25, 0.3) is 11.0 Å². The van der Waals surface area contributed by atoms with E-state index in [2.05, 4.69) is 22.3 Å². The molecule has 2 N–H and O–H groups in total. The van der Waals surface area contributed by atoms with Crippen molar-refractivity contribution in [2.24, 2.45) is 11.8 Å².